The predicted molar refractivity (Wildman–Crippen MR) is 70.0 cm³/mol. The number of nitrogens with zero attached hydrogens (tertiary/aromatic N) is 1. The van der Waals surface area contributed by atoms with Crippen LogP contribution in [0.1, 0.15) is 39.0 Å². The predicted octanol–water partition coefficient (Wildman–Crippen LogP) is 4.20. The third-order valence-corrected chi connectivity index (χ3v) is 2.95. The van der Waals surface area contributed by atoms with Crippen molar-refractivity contribution in [3.63, 3.8) is 0 Å². The normalized spacial score (nSPS) is 11.8. The fourth-order valence-corrected chi connectivity index (χ4v) is 1.76. The number of hydrogen-bond acceptors (Lipinski definition) is 2. The first-order chi connectivity index (χ1) is 8.00. The molecule has 2 heteroatoms. The van der Waals surface area contributed by atoms with Crippen LogP contribution in [0, 0.1) is 0 Å². The van der Waals surface area contributed by atoms with Crippen molar-refractivity contribution >= 4 is 0 Å². The Morgan fingerprint density at radius 3 is 2.24 bits per heavy atom. The lowest BCUT2D eigenvalue weighted by Crippen LogP contribution is -2.10. The van der Waals surface area contributed by atoms with Crippen molar-refractivity contribution in [1.82, 2.24) is 5.16 Å². The van der Waals surface area contributed by atoms with E-state index in [9.17, 15) is 0 Å². The van der Waals surface area contributed by atoms with Crippen molar-refractivity contribution in [2.24, 2.45) is 0 Å². The number of aryl methyl sites for hydroxylation is 1. The molecule has 0 spiro atoms. The zero-order valence-electron chi connectivity index (χ0n) is 10.9. The van der Waals surface area contributed by atoms with Gasteiger partial charge in [0.2, 0.25) is 0 Å². The molecule has 17 heavy (non-hydrogen) atoms. The summed E-state index contributed by atoms with van der Waals surface area (Å²) in [7, 11) is 0. The molecule has 0 aliphatic heterocycles. The van der Waals surface area contributed by atoms with Crippen LogP contribution in [0.15, 0.2) is 34.9 Å². The molecule has 90 valence electrons. The first-order valence-corrected chi connectivity index (χ1v) is 6.07. The van der Waals surface area contributed by atoms with Crippen LogP contribution in [0.5, 0.6) is 0 Å². The van der Waals surface area contributed by atoms with E-state index in [2.05, 4.69) is 57.1 Å². The lowest BCUT2D eigenvalue weighted by molar-refractivity contribution is 0.389. The van der Waals surface area contributed by atoms with Gasteiger partial charge in [0.05, 0.1) is 0 Å². The summed E-state index contributed by atoms with van der Waals surface area (Å²) in [6.07, 6.45) is 0.882. The van der Waals surface area contributed by atoms with Gasteiger partial charge in [-0.25, -0.2) is 0 Å². The molecule has 1 aromatic carbocycles. The maximum absolute atomic E-state index is 5.22. The van der Waals surface area contributed by atoms with E-state index in [4.69, 9.17) is 4.52 Å². The summed E-state index contributed by atoms with van der Waals surface area (Å²) in [6, 6.07) is 10.5. The summed E-state index contributed by atoms with van der Waals surface area (Å²) in [4.78, 5) is 0. The van der Waals surface area contributed by atoms with Crippen molar-refractivity contribution in [2.45, 2.75) is 39.5 Å². The van der Waals surface area contributed by atoms with Gasteiger partial charge < -0.3 is 4.52 Å². The summed E-state index contributed by atoms with van der Waals surface area (Å²) in [5.74, 6) is 0.930. The Morgan fingerprint density at radius 2 is 1.76 bits per heavy atom. The maximum atomic E-state index is 5.22. The topological polar surface area (TPSA) is 26.0 Å². The molecule has 0 N–H and O–H groups in total. The molecule has 0 radical (unpaired) electrons. The highest BCUT2D eigenvalue weighted by Gasteiger charge is 2.13. The Hall–Kier alpha value is -1.57. The zero-order valence-corrected chi connectivity index (χ0v) is 10.9. The van der Waals surface area contributed by atoms with E-state index in [-0.39, 0.29) is 5.41 Å². The molecule has 0 aliphatic carbocycles. The largest absolute Gasteiger partial charge is 0.361 e. The first-order valence-electron chi connectivity index (χ1n) is 6.07. The molecule has 2 aromatic rings. The van der Waals surface area contributed by atoms with Crippen LogP contribution in [0.3, 0.4) is 0 Å². The molecule has 0 unspecified atom stereocenters. The van der Waals surface area contributed by atoms with Crippen molar-refractivity contribution in [3.8, 4) is 11.3 Å². The van der Waals surface area contributed by atoms with Gasteiger partial charge in [-0.1, -0.05) is 57.1 Å². The molecule has 0 bridgehead atoms. The van der Waals surface area contributed by atoms with E-state index in [1.165, 1.54) is 5.56 Å². The lowest BCUT2D eigenvalue weighted by atomic mass is 9.86. The van der Waals surface area contributed by atoms with Crippen molar-refractivity contribution in [3.05, 3.63) is 41.7 Å². The molecular formula is C15H19NO. The molecule has 0 fully saturated rings. The molecular weight excluding hydrogens is 210 g/mol. The van der Waals surface area contributed by atoms with E-state index < -0.39 is 0 Å². The fourth-order valence-electron chi connectivity index (χ4n) is 1.76. The molecule has 2 rings (SSSR count). The fraction of sp³-hybridized carbons (Fsp3) is 0.400. The molecule has 0 amide bonds. The molecule has 0 saturated heterocycles. The number of benzene rings is 1. The molecule has 2 nitrogen and oxygen atoms in total. The molecule has 0 aliphatic rings. The van der Waals surface area contributed by atoms with Gasteiger partial charge in [0, 0.05) is 18.1 Å². The van der Waals surface area contributed by atoms with Crippen LogP contribution < -0.4 is 0 Å². The molecule has 0 atom stereocenters. The van der Waals surface area contributed by atoms with E-state index in [1.807, 2.05) is 6.07 Å². The van der Waals surface area contributed by atoms with Crippen molar-refractivity contribution in [1.29, 1.82) is 0 Å². The van der Waals surface area contributed by atoms with Crippen molar-refractivity contribution in [2.75, 3.05) is 0 Å². The minimum atomic E-state index is 0.191. The second-order valence-electron chi connectivity index (χ2n) is 5.36. The highest BCUT2D eigenvalue weighted by atomic mass is 16.5. The molecule has 1 heterocycles. The van der Waals surface area contributed by atoms with Crippen LogP contribution in [0.2, 0.25) is 0 Å². The average molecular weight is 229 g/mol. The Morgan fingerprint density at radius 1 is 1.12 bits per heavy atom. The quantitative estimate of drug-likeness (QED) is 0.771. The summed E-state index contributed by atoms with van der Waals surface area (Å²) >= 11 is 0. The van der Waals surface area contributed by atoms with Crippen LogP contribution in [-0.4, -0.2) is 5.16 Å². The zero-order chi connectivity index (χ0) is 12.5. The smallest absolute Gasteiger partial charge is 0.137 e. The second kappa shape index (κ2) is 4.36. The van der Waals surface area contributed by atoms with E-state index >= 15 is 0 Å². The Bertz CT molecular complexity index is 488. The van der Waals surface area contributed by atoms with Gasteiger partial charge in [-0.05, 0) is 11.0 Å². The monoisotopic (exact) mass is 229 g/mol. The van der Waals surface area contributed by atoms with Gasteiger partial charge >= 0.3 is 0 Å². The Labute approximate surface area is 103 Å². The van der Waals surface area contributed by atoms with E-state index in [0.717, 1.165) is 23.4 Å². The summed E-state index contributed by atoms with van der Waals surface area (Å²) in [5.41, 5.74) is 3.56. The van der Waals surface area contributed by atoms with Gasteiger partial charge in [-0.15, -0.1) is 0 Å². The van der Waals surface area contributed by atoms with E-state index in [0.29, 0.717) is 0 Å². The van der Waals surface area contributed by atoms with Gasteiger partial charge in [0.1, 0.15) is 11.5 Å². The molecule has 1 aromatic heterocycles. The van der Waals surface area contributed by atoms with Crippen LogP contribution in [-0.2, 0) is 11.8 Å². The third kappa shape index (κ3) is 2.57. The number of hydrogen-bond donors (Lipinski definition) is 0. The standard InChI is InChI=1S/C15H19NO/c1-5-13-10-14(16-17-13)11-6-8-12(9-7-11)15(2,3)4/h6-10H,5H2,1-4H3. The van der Waals surface area contributed by atoms with Gasteiger partial charge in [0.25, 0.3) is 0 Å². The van der Waals surface area contributed by atoms with Gasteiger partial charge in [-0.2, -0.15) is 0 Å². The summed E-state index contributed by atoms with van der Waals surface area (Å²) in [6.45, 7) is 8.71. The van der Waals surface area contributed by atoms with Crippen LogP contribution in [0.4, 0.5) is 0 Å². The highest BCUT2D eigenvalue weighted by molar-refractivity contribution is 5.59. The Kier molecular flexibility index (Phi) is 3.05. The van der Waals surface area contributed by atoms with Crippen LogP contribution >= 0.6 is 0 Å². The minimum absolute atomic E-state index is 0.191. The number of rotatable bonds is 2. The van der Waals surface area contributed by atoms with E-state index in [1.54, 1.807) is 0 Å². The second-order valence-corrected chi connectivity index (χ2v) is 5.36. The lowest BCUT2D eigenvalue weighted by Gasteiger charge is -2.18. The average Bonchev–Trinajstić information content (AvgIpc) is 2.76. The first kappa shape index (κ1) is 11.9. The van der Waals surface area contributed by atoms with Gasteiger partial charge in [0.15, 0.2) is 0 Å². The third-order valence-electron chi connectivity index (χ3n) is 2.95. The number of aromatic nitrogens is 1. The highest BCUT2D eigenvalue weighted by Crippen LogP contribution is 2.25. The van der Waals surface area contributed by atoms with Gasteiger partial charge in [-0.3, -0.25) is 0 Å². The summed E-state index contributed by atoms with van der Waals surface area (Å²) in [5, 5.41) is 4.07. The van der Waals surface area contributed by atoms with Crippen LogP contribution in [0.25, 0.3) is 11.3 Å². The Balaban J connectivity index is 2.29. The summed E-state index contributed by atoms with van der Waals surface area (Å²) < 4.78 is 5.22. The maximum Gasteiger partial charge on any atom is 0.137 e. The SMILES string of the molecule is CCc1cc(-c2ccc(C(C)(C)C)cc2)no1. The minimum Gasteiger partial charge on any atom is -0.361 e. The molecule has 0 saturated carbocycles. The van der Waals surface area contributed by atoms with Crippen molar-refractivity contribution < 1.29 is 4.52 Å².